The van der Waals surface area contributed by atoms with Gasteiger partial charge in [0, 0.05) is 40.3 Å². The van der Waals surface area contributed by atoms with Gasteiger partial charge in [-0.05, 0) is 25.7 Å². The fraction of sp³-hybridized carbons (Fsp3) is 0.533. The summed E-state index contributed by atoms with van der Waals surface area (Å²) in [5.74, 6) is 0.699. The van der Waals surface area contributed by atoms with Crippen molar-refractivity contribution in [3.63, 3.8) is 0 Å². The van der Waals surface area contributed by atoms with Crippen LogP contribution in [0.3, 0.4) is 0 Å². The van der Waals surface area contributed by atoms with Crippen LogP contribution in [-0.2, 0) is 13.1 Å². The third-order valence-corrected chi connectivity index (χ3v) is 2.81. The monoisotopic (exact) mass is 408 g/mol. The molecule has 1 rings (SSSR count). The minimum absolute atomic E-state index is 0. The third-order valence-electron chi connectivity index (χ3n) is 2.81. The van der Waals surface area contributed by atoms with Crippen molar-refractivity contribution in [2.45, 2.75) is 13.1 Å². The summed E-state index contributed by atoms with van der Waals surface area (Å²) in [6, 6.07) is 5.35. The predicted octanol–water partition coefficient (Wildman–Crippen LogP) is 2.48. The number of halogens is 2. The van der Waals surface area contributed by atoms with Gasteiger partial charge >= 0.3 is 0 Å². The zero-order valence-electron chi connectivity index (χ0n) is 13.7. The maximum absolute atomic E-state index is 14.0. The van der Waals surface area contributed by atoms with Gasteiger partial charge in [0.2, 0.25) is 0 Å². The first-order valence-electron chi connectivity index (χ1n) is 6.62. The van der Waals surface area contributed by atoms with Crippen molar-refractivity contribution in [1.82, 2.24) is 14.7 Å². The largest absolute Gasteiger partial charge is 0.349 e. The van der Waals surface area contributed by atoms with Gasteiger partial charge in [0.05, 0.1) is 6.54 Å². The Morgan fingerprint density at radius 3 is 2.05 bits per heavy atom. The molecule has 0 unspecified atom stereocenters. The molecule has 0 atom stereocenters. The molecule has 0 amide bonds. The van der Waals surface area contributed by atoms with Crippen LogP contribution in [0.1, 0.15) is 11.1 Å². The standard InChI is InChI=1S/C15H25FN4.HI/c1-18(2)11-13-8-7-12(9-14(13)16)10-17-15(19(3)4)20(5)6;/h7-9H,10-11H2,1-6H3;1H. The van der Waals surface area contributed by atoms with Crippen LogP contribution < -0.4 is 0 Å². The number of rotatable bonds is 4. The van der Waals surface area contributed by atoms with Crippen LogP contribution >= 0.6 is 24.0 Å². The molecular formula is C15H26FIN4. The normalized spacial score (nSPS) is 10.1. The lowest BCUT2D eigenvalue weighted by atomic mass is 10.1. The number of nitrogens with zero attached hydrogens (tertiary/aromatic N) is 4. The molecule has 6 heteroatoms. The highest BCUT2D eigenvalue weighted by molar-refractivity contribution is 14.0. The van der Waals surface area contributed by atoms with E-state index >= 15 is 0 Å². The maximum atomic E-state index is 14.0. The SMILES string of the molecule is CN(C)Cc1ccc(CN=C(N(C)C)N(C)C)cc1F.I. The molecule has 0 saturated heterocycles. The van der Waals surface area contributed by atoms with Crippen molar-refractivity contribution in [2.75, 3.05) is 42.3 Å². The summed E-state index contributed by atoms with van der Waals surface area (Å²) in [6.45, 7) is 1.08. The molecule has 21 heavy (non-hydrogen) atoms. The van der Waals surface area contributed by atoms with Crippen LogP contribution in [0.2, 0.25) is 0 Å². The Morgan fingerprint density at radius 2 is 1.62 bits per heavy atom. The van der Waals surface area contributed by atoms with Gasteiger partial charge in [-0.15, -0.1) is 24.0 Å². The van der Waals surface area contributed by atoms with Gasteiger partial charge in [-0.25, -0.2) is 9.38 Å². The van der Waals surface area contributed by atoms with Gasteiger partial charge in [0.15, 0.2) is 5.96 Å². The van der Waals surface area contributed by atoms with Crippen molar-refractivity contribution in [3.05, 3.63) is 35.1 Å². The van der Waals surface area contributed by atoms with Gasteiger partial charge in [-0.3, -0.25) is 0 Å². The Morgan fingerprint density at radius 1 is 1.05 bits per heavy atom. The minimum Gasteiger partial charge on any atom is -0.349 e. The molecule has 0 spiro atoms. The number of aliphatic imine (C=N–C) groups is 1. The van der Waals surface area contributed by atoms with E-state index in [1.807, 2.05) is 69.1 Å². The lowest BCUT2D eigenvalue weighted by Gasteiger charge is -2.22. The highest BCUT2D eigenvalue weighted by atomic mass is 127. The average Bonchev–Trinajstić information content (AvgIpc) is 2.31. The van der Waals surface area contributed by atoms with E-state index in [4.69, 9.17) is 0 Å². The molecule has 0 radical (unpaired) electrons. The van der Waals surface area contributed by atoms with Crippen LogP contribution in [-0.4, -0.2) is 62.9 Å². The van der Waals surface area contributed by atoms with Crippen molar-refractivity contribution in [1.29, 1.82) is 0 Å². The Labute approximate surface area is 144 Å². The van der Waals surface area contributed by atoms with E-state index in [9.17, 15) is 4.39 Å². The molecule has 0 heterocycles. The molecule has 0 aliphatic heterocycles. The van der Waals surface area contributed by atoms with Crippen molar-refractivity contribution in [3.8, 4) is 0 Å². The van der Waals surface area contributed by atoms with Crippen LogP contribution in [0.15, 0.2) is 23.2 Å². The lowest BCUT2D eigenvalue weighted by Crippen LogP contribution is -2.35. The number of hydrogen-bond donors (Lipinski definition) is 0. The van der Waals surface area contributed by atoms with Crippen LogP contribution in [0, 0.1) is 5.82 Å². The fourth-order valence-electron chi connectivity index (χ4n) is 2.00. The zero-order valence-corrected chi connectivity index (χ0v) is 16.1. The fourth-order valence-corrected chi connectivity index (χ4v) is 2.00. The van der Waals surface area contributed by atoms with Gasteiger partial charge in [-0.1, -0.05) is 12.1 Å². The van der Waals surface area contributed by atoms with E-state index in [-0.39, 0.29) is 29.8 Å². The minimum atomic E-state index is -0.164. The molecule has 0 aliphatic carbocycles. The predicted molar refractivity (Wildman–Crippen MR) is 97.7 cm³/mol. The second-order valence-corrected chi connectivity index (χ2v) is 5.57. The maximum Gasteiger partial charge on any atom is 0.195 e. The zero-order chi connectivity index (χ0) is 15.3. The summed E-state index contributed by atoms with van der Waals surface area (Å²) < 4.78 is 14.0. The number of benzene rings is 1. The highest BCUT2D eigenvalue weighted by Gasteiger charge is 2.07. The smallest absolute Gasteiger partial charge is 0.195 e. The molecule has 0 saturated carbocycles. The average molecular weight is 408 g/mol. The summed E-state index contributed by atoms with van der Waals surface area (Å²) in [5.41, 5.74) is 1.59. The Bertz CT molecular complexity index is 463. The van der Waals surface area contributed by atoms with Crippen molar-refractivity contribution >= 4 is 29.9 Å². The van der Waals surface area contributed by atoms with Gasteiger partial charge < -0.3 is 14.7 Å². The molecule has 0 bridgehead atoms. The summed E-state index contributed by atoms with van der Waals surface area (Å²) in [4.78, 5) is 10.3. The Kier molecular flexibility index (Phi) is 8.80. The van der Waals surface area contributed by atoms with Crippen LogP contribution in [0.25, 0.3) is 0 Å². The molecule has 0 fully saturated rings. The number of guanidine groups is 1. The highest BCUT2D eigenvalue weighted by Crippen LogP contribution is 2.13. The van der Waals surface area contributed by atoms with E-state index < -0.39 is 0 Å². The number of hydrogen-bond acceptors (Lipinski definition) is 2. The molecule has 120 valence electrons. The lowest BCUT2D eigenvalue weighted by molar-refractivity contribution is 0.392. The summed E-state index contributed by atoms with van der Waals surface area (Å²) in [6.07, 6.45) is 0. The van der Waals surface area contributed by atoms with Gasteiger partial charge in [-0.2, -0.15) is 0 Å². The first-order chi connectivity index (χ1) is 9.31. The Balaban J connectivity index is 0.00000400. The molecular weight excluding hydrogens is 382 g/mol. The molecule has 1 aromatic carbocycles. The summed E-state index contributed by atoms with van der Waals surface area (Å²) in [5, 5.41) is 0. The van der Waals surface area contributed by atoms with Gasteiger partial charge in [0.25, 0.3) is 0 Å². The summed E-state index contributed by atoms with van der Waals surface area (Å²) in [7, 11) is 11.6. The summed E-state index contributed by atoms with van der Waals surface area (Å²) >= 11 is 0. The van der Waals surface area contributed by atoms with E-state index in [2.05, 4.69) is 4.99 Å². The molecule has 1 aromatic rings. The molecule has 0 N–H and O–H groups in total. The topological polar surface area (TPSA) is 22.1 Å². The first-order valence-corrected chi connectivity index (χ1v) is 6.62. The quantitative estimate of drug-likeness (QED) is 0.434. The molecule has 4 nitrogen and oxygen atoms in total. The van der Waals surface area contributed by atoms with E-state index in [0.29, 0.717) is 18.7 Å². The van der Waals surface area contributed by atoms with E-state index in [0.717, 1.165) is 11.5 Å². The third kappa shape index (κ3) is 6.60. The van der Waals surface area contributed by atoms with E-state index in [1.165, 1.54) is 0 Å². The van der Waals surface area contributed by atoms with Gasteiger partial charge in [0.1, 0.15) is 5.82 Å². The van der Waals surface area contributed by atoms with Crippen molar-refractivity contribution in [2.24, 2.45) is 4.99 Å². The molecule has 0 aliphatic rings. The molecule has 0 aromatic heterocycles. The van der Waals surface area contributed by atoms with E-state index in [1.54, 1.807) is 6.07 Å². The van der Waals surface area contributed by atoms with Crippen LogP contribution in [0.5, 0.6) is 0 Å². The Hall–Kier alpha value is -0.890. The van der Waals surface area contributed by atoms with Crippen LogP contribution in [0.4, 0.5) is 4.39 Å². The van der Waals surface area contributed by atoms with Crippen molar-refractivity contribution < 1.29 is 4.39 Å². The second kappa shape index (κ2) is 9.19. The second-order valence-electron chi connectivity index (χ2n) is 5.57. The first kappa shape index (κ1) is 20.1.